The molecule has 3 heteroatoms. The largest absolute Gasteiger partial charge is 0.363 e. The highest BCUT2D eigenvalue weighted by molar-refractivity contribution is 7.80. The summed E-state index contributed by atoms with van der Waals surface area (Å²) < 4.78 is 0. The van der Waals surface area contributed by atoms with Crippen LogP contribution in [0.25, 0.3) is 0 Å². The van der Waals surface area contributed by atoms with Crippen LogP contribution in [0, 0.1) is 5.92 Å². The van der Waals surface area contributed by atoms with Crippen molar-refractivity contribution in [1.29, 1.82) is 0 Å². The van der Waals surface area contributed by atoms with Crippen molar-refractivity contribution in [2.45, 2.75) is 58.4 Å². The first-order valence-electron chi connectivity index (χ1n) is 6.65. The summed E-state index contributed by atoms with van der Waals surface area (Å²) in [5.41, 5.74) is 0. The molecule has 1 saturated carbocycles. The van der Waals surface area contributed by atoms with E-state index in [1.807, 2.05) is 0 Å². The Morgan fingerprint density at radius 3 is 2.50 bits per heavy atom. The number of thiocarbonyl (C=S) groups is 1. The second-order valence-electron chi connectivity index (χ2n) is 5.11. The second-order valence-corrected chi connectivity index (χ2v) is 5.50. The lowest BCUT2D eigenvalue weighted by molar-refractivity contribution is 0.237. The fourth-order valence-corrected chi connectivity index (χ4v) is 2.54. The minimum Gasteiger partial charge on any atom is -0.363 e. The van der Waals surface area contributed by atoms with E-state index in [0.717, 1.165) is 17.6 Å². The van der Waals surface area contributed by atoms with Gasteiger partial charge < -0.3 is 10.2 Å². The summed E-state index contributed by atoms with van der Waals surface area (Å²) in [4.78, 5) is 2.27. The third-order valence-corrected chi connectivity index (χ3v) is 4.09. The molecule has 0 unspecified atom stereocenters. The third kappa shape index (κ3) is 4.28. The van der Waals surface area contributed by atoms with Gasteiger partial charge in [0, 0.05) is 19.6 Å². The maximum Gasteiger partial charge on any atom is 0.168 e. The summed E-state index contributed by atoms with van der Waals surface area (Å²) in [7, 11) is 2.14. The van der Waals surface area contributed by atoms with Crippen molar-refractivity contribution in [2.24, 2.45) is 5.92 Å². The van der Waals surface area contributed by atoms with Crippen LogP contribution in [0.3, 0.4) is 0 Å². The zero-order valence-corrected chi connectivity index (χ0v) is 11.8. The first-order chi connectivity index (χ1) is 7.65. The van der Waals surface area contributed by atoms with Gasteiger partial charge in [-0.15, -0.1) is 0 Å². The molecule has 16 heavy (non-hydrogen) atoms. The van der Waals surface area contributed by atoms with E-state index >= 15 is 0 Å². The van der Waals surface area contributed by atoms with Gasteiger partial charge in [-0.05, 0) is 50.2 Å². The fraction of sp³-hybridized carbons (Fsp3) is 0.923. The summed E-state index contributed by atoms with van der Waals surface area (Å²) in [6.45, 7) is 5.58. The molecule has 0 aromatic carbocycles. The lowest BCUT2D eigenvalue weighted by atomic mass is 9.87. The summed E-state index contributed by atoms with van der Waals surface area (Å²) in [6, 6.07) is 0.665. The van der Waals surface area contributed by atoms with E-state index in [2.05, 4.69) is 31.1 Å². The van der Waals surface area contributed by atoms with E-state index in [-0.39, 0.29) is 0 Å². The lowest BCUT2D eigenvalue weighted by Crippen LogP contribution is -2.44. The summed E-state index contributed by atoms with van der Waals surface area (Å²) in [5, 5.41) is 4.29. The van der Waals surface area contributed by atoms with E-state index in [9.17, 15) is 0 Å². The van der Waals surface area contributed by atoms with E-state index in [1.54, 1.807) is 0 Å². The zero-order chi connectivity index (χ0) is 12.0. The Hall–Kier alpha value is -0.310. The summed E-state index contributed by atoms with van der Waals surface area (Å²) >= 11 is 5.42. The Labute approximate surface area is 106 Å². The molecule has 2 nitrogen and oxygen atoms in total. The van der Waals surface area contributed by atoms with Crippen LogP contribution in [0.5, 0.6) is 0 Å². The van der Waals surface area contributed by atoms with Crippen LogP contribution >= 0.6 is 12.2 Å². The van der Waals surface area contributed by atoms with Crippen molar-refractivity contribution >= 4 is 17.3 Å². The Bertz CT molecular complexity index is 210. The predicted octanol–water partition coefficient (Wildman–Crippen LogP) is 3.17. The predicted molar refractivity (Wildman–Crippen MR) is 74.7 cm³/mol. The molecule has 1 aliphatic carbocycles. The average Bonchev–Trinajstić information content (AvgIpc) is 2.29. The monoisotopic (exact) mass is 242 g/mol. The molecule has 0 saturated heterocycles. The highest BCUT2D eigenvalue weighted by Crippen LogP contribution is 2.26. The van der Waals surface area contributed by atoms with Crippen molar-refractivity contribution in [1.82, 2.24) is 10.2 Å². The van der Waals surface area contributed by atoms with E-state index in [0.29, 0.717) is 6.04 Å². The van der Waals surface area contributed by atoms with Gasteiger partial charge in [0.15, 0.2) is 5.11 Å². The highest BCUT2D eigenvalue weighted by atomic mass is 32.1. The van der Waals surface area contributed by atoms with Gasteiger partial charge in [0.2, 0.25) is 0 Å². The number of nitrogens with zero attached hydrogens (tertiary/aromatic N) is 1. The molecular formula is C13H26N2S. The Morgan fingerprint density at radius 2 is 1.94 bits per heavy atom. The van der Waals surface area contributed by atoms with E-state index < -0.39 is 0 Å². The van der Waals surface area contributed by atoms with Crippen molar-refractivity contribution in [3.63, 3.8) is 0 Å². The molecule has 0 radical (unpaired) electrons. The van der Waals surface area contributed by atoms with Gasteiger partial charge in [-0.25, -0.2) is 0 Å². The quantitative estimate of drug-likeness (QED) is 0.602. The van der Waals surface area contributed by atoms with Gasteiger partial charge in [-0.1, -0.05) is 20.3 Å². The number of rotatable bonds is 4. The van der Waals surface area contributed by atoms with Crippen molar-refractivity contribution in [3.05, 3.63) is 0 Å². The molecule has 94 valence electrons. The fourth-order valence-electron chi connectivity index (χ4n) is 2.29. The van der Waals surface area contributed by atoms with Crippen molar-refractivity contribution < 1.29 is 0 Å². The number of hydrogen-bond acceptors (Lipinski definition) is 1. The molecule has 0 aromatic rings. The Kier molecular flexibility index (Phi) is 6.10. The average molecular weight is 242 g/mol. The molecule has 1 fully saturated rings. The van der Waals surface area contributed by atoms with Crippen LogP contribution in [0.15, 0.2) is 0 Å². The number of hydrogen-bond donors (Lipinski definition) is 1. The van der Waals surface area contributed by atoms with Crippen molar-refractivity contribution in [3.8, 4) is 0 Å². The zero-order valence-electron chi connectivity index (χ0n) is 11.0. The molecule has 0 spiro atoms. The van der Waals surface area contributed by atoms with E-state index in [1.165, 1.54) is 38.5 Å². The van der Waals surface area contributed by atoms with Gasteiger partial charge >= 0.3 is 0 Å². The lowest BCUT2D eigenvalue weighted by Gasteiger charge is -2.35. The van der Waals surface area contributed by atoms with Gasteiger partial charge in [0.05, 0.1) is 0 Å². The molecule has 1 aliphatic rings. The first kappa shape index (κ1) is 13.8. The minimum absolute atomic E-state index is 0.665. The normalized spacial score (nSPS) is 25.2. The molecule has 1 N–H and O–H groups in total. The van der Waals surface area contributed by atoms with Gasteiger partial charge in [-0.3, -0.25) is 0 Å². The van der Waals surface area contributed by atoms with Crippen LogP contribution < -0.4 is 5.32 Å². The summed E-state index contributed by atoms with van der Waals surface area (Å²) in [6.07, 6.45) is 7.73. The van der Waals surface area contributed by atoms with Crippen LogP contribution in [-0.2, 0) is 0 Å². The molecule has 0 atom stereocenters. The van der Waals surface area contributed by atoms with Crippen LogP contribution in [0.2, 0.25) is 0 Å². The minimum atomic E-state index is 0.665. The maximum atomic E-state index is 5.42. The van der Waals surface area contributed by atoms with Gasteiger partial charge in [-0.2, -0.15) is 0 Å². The Balaban J connectivity index is 2.27. The smallest absolute Gasteiger partial charge is 0.168 e. The molecule has 0 aromatic heterocycles. The molecule has 0 bridgehead atoms. The third-order valence-electron chi connectivity index (χ3n) is 3.66. The second kappa shape index (κ2) is 7.10. The van der Waals surface area contributed by atoms with Crippen LogP contribution in [0.4, 0.5) is 0 Å². The standard InChI is InChI=1S/C13H26N2S/c1-4-5-10-14-13(16)15(3)12-8-6-11(2)7-9-12/h11-12H,4-10H2,1-3H3,(H,14,16). The van der Waals surface area contributed by atoms with Gasteiger partial charge in [0.1, 0.15) is 0 Å². The molecule has 0 heterocycles. The van der Waals surface area contributed by atoms with Crippen molar-refractivity contribution in [2.75, 3.05) is 13.6 Å². The molecule has 1 rings (SSSR count). The molecule has 0 aliphatic heterocycles. The van der Waals surface area contributed by atoms with E-state index in [4.69, 9.17) is 12.2 Å². The topological polar surface area (TPSA) is 15.3 Å². The maximum absolute atomic E-state index is 5.42. The van der Waals surface area contributed by atoms with Crippen LogP contribution in [-0.4, -0.2) is 29.6 Å². The summed E-state index contributed by atoms with van der Waals surface area (Å²) in [5.74, 6) is 0.909. The number of unbranched alkanes of at least 4 members (excludes halogenated alkanes) is 1. The number of nitrogens with one attached hydrogen (secondary N) is 1. The molecular weight excluding hydrogens is 216 g/mol. The van der Waals surface area contributed by atoms with Crippen LogP contribution in [0.1, 0.15) is 52.4 Å². The first-order valence-corrected chi connectivity index (χ1v) is 7.06. The highest BCUT2D eigenvalue weighted by Gasteiger charge is 2.22. The SMILES string of the molecule is CCCCNC(=S)N(C)C1CCC(C)CC1. The molecule has 0 amide bonds. The van der Waals surface area contributed by atoms with Gasteiger partial charge in [0.25, 0.3) is 0 Å². The Morgan fingerprint density at radius 1 is 1.31 bits per heavy atom.